The highest BCUT2D eigenvalue weighted by molar-refractivity contribution is 6.38. The highest BCUT2D eigenvalue weighted by Crippen LogP contribution is 2.36. The molecule has 0 spiro atoms. The minimum Gasteiger partial charge on any atom is -0.474 e. The Labute approximate surface area is 199 Å². The fraction of sp³-hybridized carbons (Fsp3) is 0.273. The molecule has 3 rings (SSSR count). The van der Waals surface area contributed by atoms with Gasteiger partial charge in [-0.1, -0.05) is 46.6 Å². The molecule has 0 radical (unpaired) electrons. The van der Waals surface area contributed by atoms with Crippen LogP contribution in [0, 0.1) is 18.8 Å². The van der Waals surface area contributed by atoms with Crippen LogP contribution in [0.3, 0.4) is 0 Å². The van der Waals surface area contributed by atoms with E-state index in [0.29, 0.717) is 22.5 Å². The van der Waals surface area contributed by atoms with Crippen LogP contribution in [0.1, 0.15) is 18.2 Å². The third-order valence-electron chi connectivity index (χ3n) is 4.44. The van der Waals surface area contributed by atoms with Crippen LogP contribution in [0.25, 0.3) is 16.6 Å². The van der Waals surface area contributed by atoms with Gasteiger partial charge in [-0.3, -0.25) is 4.79 Å². The highest BCUT2D eigenvalue weighted by atomic mass is 35.5. The minimum absolute atomic E-state index is 0.0395. The number of nitrogens with zero attached hydrogens (tertiary/aromatic N) is 2. The molecule has 3 aromatic rings. The van der Waals surface area contributed by atoms with Crippen molar-refractivity contribution in [3.05, 3.63) is 60.9 Å². The molecule has 32 heavy (non-hydrogen) atoms. The maximum Gasteiger partial charge on any atom is 0.227 e. The topological polar surface area (TPSA) is 111 Å². The summed E-state index contributed by atoms with van der Waals surface area (Å²) in [5, 5.41) is 19.4. The smallest absolute Gasteiger partial charge is 0.227 e. The van der Waals surface area contributed by atoms with Gasteiger partial charge in [-0.2, -0.15) is 0 Å². The number of pyridine rings is 2. The number of hydrogen-bond acceptors (Lipinski definition) is 6. The summed E-state index contributed by atoms with van der Waals surface area (Å²) in [5.41, 5.74) is 7.09. The Morgan fingerprint density at radius 1 is 1.22 bits per heavy atom. The lowest BCUT2D eigenvalue weighted by Crippen LogP contribution is -2.22. The number of aromatic nitrogens is 2. The Balaban J connectivity index is 2.29. The summed E-state index contributed by atoms with van der Waals surface area (Å²) >= 11 is 19.6. The van der Waals surface area contributed by atoms with Gasteiger partial charge < -0.3 is 25.3 Å². The first kappa shape index (κ1) is 24.3. The van der Waals surface area contributed by atoms with Crippen LogP contribution < -0.4 is 15.9 Å². The summed E-state index contributed by atoms with van der Waals surface area (Å²) in [7, 11) is 0. The van der Waals surface area contributed by atoms with E-state index in [1.54, 1.807) is 30.5 Å². The van der Waals surface area contributed by atoms with Gasteiger partial charge in [0.15, 0.2) is 5.43 Å². The van der Waals surface area contributed by atoms with Crippen LogP contribution in [-0.2, 0) is 0 Å². The number of rotatable bonds is 5. The van der Waals surface area contributed by atoms with Crippen molar-refractivity contribution >= 4 is 45.7 Å². The second-order valence-corrected chi connectivity index (χ2v) is 8.34. The Morgan fingerprint density at radius 3 is 2.47 bits per heavy atom. The fourth-order valence-electron chi connectivity index (χ4n) is 3.08. The first-order chi connectivity index (χ1) is 15.1. The molecule has 0 fully saturated rings. The molecule has 10 heteroatoms. The fourth-order valence-corrected chi connectivity index (χ4v) is 3.96. The molecule has 0 amide bonds. The lowest BCUT2D eigenvalue weighted by atomic mass is 10.1. The van der Waals surface area contributed by atoms with Crippen LogP contribution in [0.15, 0.2) is 29.2 Å². The summed E-state index contributed by atoms with van der Waals surface area (Å²) < 4.78 is 7.13. The molecule has 7 nitrogen and oxygen atoms in total. The van der Waals surface area contributed by atoms with Gasteiger partial charge in [0, 0.05) is 17.3 Å². The van der Waals surface area contributed by atoms with Gasteiger partial charge in [-0.25, -0.2) is 4.98 Å². The molecule has 168 valence electrons. The molecule has 2 aromatic heterocycles. The third-order valence-corrected chi connectivity index (χ3v) is 5.30. The lowest BCUT2D eigenvalue weighted by Gasteiger charge is -2.20. The Morgan fingerprint density at radius 2 is 1.88 bits per heavy atom. The first-order valence-corrected chi connectivity index (χ1v) is 10.7. The average molecular weight is 497 g/mol. The molecule has 2 heterocycles. The van der Waals surface area contributed by atoms with Gasteiger partial charge in [0.25, 0.3) is 0 Å². The molecule has 1 aromatic carbocycles. The number of ether oxygens (including phenoxy) is 1. The number of benzene rings is 1. The molecule has 0 aliphatic rings. The number of fused-ring (bicyclic) bond motifs is 1. The van der Waals surface area contributed by atoms with E-state index in [1.165, 1.54) is 12.3 Å². The van der Waals surface area contributed by atoms with Crippen molar-refractivity contribution < 1.29 is 14.9 Å². The van der Waals surface area contributed by atoms with E-state index >= 15 is 0 Å². The highest BCUT2D eigenvalue weighted by Gasteiger charge is 2.21. The first-order valence-electron chi connectivity index (χ1n) is 9.53. The van der Waals surface area contributed by atoms with E-state index < -0.39 is 12.7 Å². The van der Waals surface area contributed by atoms with Crippen LogP contribution in [0.2, 0.25) is 15.1 Å². The van der Waals surface area contributed by atoms with Gasteiger partial charge in [-0.05, 0) is 26.0 Å². The number of aliphatic hydroxyl groups excluding tert-OH is 2. The molecule has 0 bridgehead atoms. The predicted molar refractivity (Wildman–Crippen MR) is 126 cm³/mol. The summed E-state index contributed by atoms with van der Waals surface area (Å²) in [6, 6.07) is 4.36. The third kappa shape index (κ3) is 5.02. The van der Waals surface area contributed by atoms with Crippen molar-refractivity contribution in [1.29, 1.82) is 0 Å². The average Bonchev–Trinajstić information content (AvgIpc) is 2.72. The van der Waals surface area contributed by atoms with Gasteiger partial charge in [0.1, 0.15) is 18.1 Å². The number of aryl methyl sites for hydroxylation is 1. The molecular weight excluding hydrogens is 477 g/mol. The van der Waals surface area contributed by atoms with E-state index in [2.05, 4.69) is 16.8 Å². The summed E-state index contributed by atoms with van der Waals surface area (Å²) in [5.74, 6) is 5.72. The van der Waals surface area contributed by atoms with Crippen LogP contribution >= 0.6 is 34.8 Å². The molecule has 0 aliphatic heterocycles. The Hall–Kier alpha value is -2.31. The standard InChI is InChI=1S/C22H20Cl3N3O4/c1-11(26)3-4-13-6-15(23)20(16(24)7-13)28-12(2)5-18(31)19-21(28)17(25)8-27-22(19)32-10-14(30)9-29/h5-8,11,14,29-30H,9-10,26H2,1-2H3. The van der Waals surface area contributed by atoms with E-state index in [4.69, 9.17) is 50.4 Å². The molecule has 0 saturated heterocycles. The molecule has 0 aliphatic carbocycles. The number of hydrogen-bond donors (Lipinski definition) is 3. The van der Waals surface area contributed by atoms with E-state index in [1.807, 2.05) is 0 Å². The van der Waals surface area contributed by atoms with Crippen molar-refractivity contribution in [3.63, 3.8) is 0 Å². The second kappa shape index (κ2) is 10.1. The largest absolute Gasteiger partial charge is 0.474 e. The number of halogens is 3. The van der Waals surface area contributed by atoms with E-state index in [9.17, 15) is 9.90 Å². The zero-order valence-electron chi connectivity index (χ0n) is 17.2. The molecule has 2 atom stereocenters. The maximum atomic E-state index is 12.8. The Bertz CT molecular complexity index is 1270. The SMILES string of the molecule is Cc1cc(=O)c2c(OCC(O)CO)ncc(Cl)c2n1-c1c(Cl)cc(C#CC(C)N)cc1Cl. The van der Waals surface area contributed by atoms with Gasteiger partial charge in [0.05, 0.1) is 45.1 Å². The summed E-state index contributed by atoms with van der Waals surface area (Å²) in [6.07, 6.45) is 0.188. The van der Waals surface area contributed by atoms with Crippen molar-refractivity contribution in [1.82, 2.24) is 9.55 Å². The Kier molecular flexibility index (Phi) is 7.67. The van der Waals surface area contributed by atoms with Gasteiger partial charge in [-0.15, -0.1) is 0 Å². The maximum absolute atomic E-state index is 12.8. The second-order valence-electron chi connectivity index (χ2n) is 7.11. The monoisotopic (exact) mass is 495 g/mol. The molecule has 2 unspecified atom stereocenters. The van der Waals surface area contributed by atoms with Crippen LogP contribution in [0.5, 0.6) is 5.88 Å². The van der Waals surface area contributed by atoms with Crippen molar-refractivity contribution in [2.45, 2.75) is 26.0 Å². The molecular formula is C22H20Cl3N3O4. The molecule has 0 saturated carbocycles. The van der Waals surface area contributed by atoms with E-state index in [-0.39, 0.29) is 44.4 Å². The number of aliphatic hydroxyl groups is 2. The molecule has 4 N–H and O–H groups in total. The summed E-state index contributed by atoms with van der Waals surface area (Å²) in [6.45, 7) is 2.71. The summed E-state index contributed by atoms with van der Waals surface area (Å²) in [4.78, 5) is 16.9. The quantitative estimate of drug-likeness (QED) is 0.468. The zero-order chi connectivity index (χ0) is 23.6. The van der Waals surface area contributed by atoms with Crippen molar-refractivity contribution in [3.8, 4) is 23.4 Å². The normalized spacial score (nSPS) is 12.9. The van der Waals surface area contributed by atoms with Crippen LogP contribution in [0.4, 0.5) is 0 Å². The van der Waals surface area contributed by atoms with Gasteiger partial charge in [0.2, 0.25) is 5.88 Å². The predicted octanol–water partition coefficient (Wildman–Crippen LogP) is 3.09. The number of nitrogens with two attached hydrogens (primary N) is 1. The van der Waals surface area contributed by atoms with Crippen molar-refractivity contribution in [2.24, 2.45) is 5.73 Å². The van der Waals surface area contributed by atoms with Crippen LogP contribution in [-0.4, -0.2) is 45.1 Å². The van der Waals surface area contributed by atoms with Crippen molar-refractivity contribution in [2.75, 3.05) is 13.2 Å². The van der Waals surface area contributed by atoms with Gasteiger partial charge >= 0.3 is 0 Å². The zero-order valence-corrected chi connectivity index (χ0v) is 19.5. The minimum atomic E-state index is -1.14. The van der Waals surface area contributed by atoms with E-state index in [0.717, 1.165) is 0 Å². The lowest BCUT2D eigenvalue weighted by molar-refractivity contribution is 0.0526.